The topological polar surface area (TPSA) is 62.3 Å². The van der Waals surface area contributed by atoms with E-state index in [9.17, 15) is 14.0 Å². The van der Waals surface area contributed by atoms with E-state index in [1.54, 1.807) is 18.3 Å². The number of pyridine rings is 1. The van der Waals surface area contributed by atoms with Crippen LogP contribution in [0.5, 0.6) is 0 Å². The Balaban J connectivity index is 1.93. The number of fused-ring (bicyclic) bond motifs is 1. The molecule has 0 saturated carbocycles. The molecule has 1 aromatic carbocycles. The lowest BCUT2D eigenvalue weighted by Gasteiger charge is -2.14. The number of aromatic nitrogens is 1. The molecule has 1 N–H and O–H groups in total. The Bertz CT molecular complexity index is 747. The van der Waals surface area contributed by atoms with Gasteiger partial charge in [0.25, 0.3) is 5.91 Å². The van der Waals surface area contributed by atoms with Gasteiger partial charge in [-0.05, 0) is 24.6 Å². The van der Waals surface area contributed by atoms with Crippen molar-refractivity contribution in [3.63, 3.8) is 0 Å². The van der Waals surface area contributed by atoms with Crippen LogP contribution in [0.4, 0.5) is 9.18 Å². The number of rotatable bonds is 4. The number of carbonyl (C=O) groups is 2. The average Bonchev–Trinajstić information content (AvgIpc) is 2.75. The number of nitrogens with one attached hydrogen (secondary N) is 1. The molecule has 3 rings (SSSR count). The SMILES string of the molecule is CCCC1NC(=O)N(Cc2cc(F)cc3cccnc23)C1=O. The summed E-state index contributed by atoms with van der Waals surface area (Å²) < 4.78 is 13.7. The summed E-state index contributed by atoms with van der Waals surface area (Å²) in [6, 6.07) is 5.26. The molecule has 1 saturated heterocycles. The average molecular weight is 301 g/mol. The van der Waals surface area contributed by atoms with Crippen LogP contribution in [0.15, 0.2) is 30.5 Å². The van der Waals surface area contributed by atoms with Gasteiger partial charge in [-0.3, -0.25) is 14.7 Å². The van der Waals surface area contributed by atoms with Crippen molar-refractivity contribution in [1.29, 1.82) is 0 Å². The number of nitrogens with zero attached hydrogens (tertiary/aromatic N) is 2. The van der Waals surface area contributed by atoms with E-state index >= 15 is 0 Å². The normalized spacial score (nSPS) is 18.1. The Labute approximate surface area is 127 Å². The zero-order chi connectivity index (χ0) is 15.7. The third kappa shape index (κ3) is 2.52. The van der Waals surface area contributed by atoms with E-state index in [0.29, 0.717) is 22.9 Å². The summed E-state index contributed by atoms with van der Waals surface area (Å²) in [6.07, 6.45) is 3.01. The van der Waals surface area contributed by atoms with Crippen LogP contribution < -0.4 is 5.32 Å². The number of hydrogen-bond acceptors (Lipinski definition) is 3. The molecule has 1 aromatic heterocycles. The quantitative estimate of drug-likeness (QED) is 0.883. The summed E-state index contributed by atoms with van der Waals surface area (Å²) in [5.74, 6) is -0.673. The minimum absolute atomic E-state index is 0.0240. The number of amides is 3. The lowest BCUT2D eigenvalue weighted by atomic mass is 10.1. The zero-order valence-corrected chi connectivity index (χ0v) is 12.2. The molecule has 0 aliphatic carbocycles. The fourth-order valence-corrected chi connectivity index (χ4v) is 2.73. The van der Waals surface area contributed by atoms with E-state index in [1.165, 1.54) is 12.1 Å². The van der Waals surface area contributed by atoms with Gasteiger partial charge < -0.3 is 5.32 Å². The van der Waals surface area contributed by atoms with Gasteiger partial charge in [-0.25, -0.2) is 9.18 Å². The molecule has 6 heteroatoms. The summed E-state index contributed by atoms with van der Waals surface area (Å²) in [5.41, 5.74) is 1.12. The number of carbonyl (C=O) groups excluding carboxylic acids is 2. The summed E-state index contributed by atoms with van der Waals surface area (Å²) in [7, 11) is 0. The van der Waals surface area contributed by atoms with Gasteiger partial charge >= 0.3 is 6.03 Å². The van der Waals surface area contributed by atoms with Gasteiger partial charge in [0, 0.05) is 17.1 Å². The summed E-state index contributed by atoms with van der Waals surface area (Å²) in [6.45, 7) is 1.97. The summed E-state index contributed by atoms with van der Waals surface area (Å²) >= 11 is 0. The largest absolute Gasteiger partial charge is 0.326 e. The molecule has 1 fully saturated rings. The second-order valence-corrected chi connectivity index (χ2v) is 5.36. The highest BCUT2D eigenvalue weighted by molar-refractivity contribution is 6.04. The van der Waals surface area contributed by atoms with Crippen LogP contribution in [0.2, 0.25) is 0 Å². The van der Waals surface area contributed by atoms with Crippen molar-refractivity contribution in [2.24, 2.45) is 0 Å². The van der Waals surface area contributed by atoms with Crippen molar-refractivity contribution in [2.45, 2.75) is 32.4 Å². The Kier molecular flexibility index (Phi) is 3.75. The molecule has 1 aliphatic heterocycles. The van der Waals surface area contributed by atoms with Gasteiger partial charge in [0.05, 0.1) is 12.1 Å². The second kappa shape index (κ2) is 5.71. The van der Waals surface area contributed by atoms with Crippen LogP contribution in [0, 0.1) is 5.82 Å². The fourth-order valence-electron chi connectivity index (χ4n) is 2.73. The monoisotopic (exact) mass is 301 g/mol. The number of hydrogen-bond donors (Lipinski definition) is 1. The highest BCUT2D eigenvalue weighted by Crippen LogP contribution is 2.22. The molecular weight excluding hydrogens is 285 g/mol. The molecule has 22 heavy (non-hydrogen) atoms. The third-order valence-electron chi connectivity index (χ3n) is 3.76. The molecular formula is C16H16FN3O2. The van der Waals surface area contributed by atoms with Gasteiger partial charge in [0.1, 0.15) is 11.9 Å². The van der Waals surface area contributed by atoms with Crippen molar-refractivity contribution in [1.82, 2.24) is 15.2 Å². The maximum atomic E-state index is 13.7. The highest BCUT2D eigenvalue weighted by Gasteiger charge is 2.37. The molecule has 1 atom stereocenters. The maximum absolute atomic E-state index is 13.7. The van der Waals surface area contributed by atoms with Crippen LogP contribution in [0.25, 0.3) is 10.9 Å². The van der Waals surface area contributed by atoms with Crippen molar-refractivity contribution < 1.29 is 14.0 Å². The van der Waals surface area contributed by atoms with E-state index in [4.69, 9.17) is 0 Å². The molecule has 1 unspecified atom stereocenters. The van der Waals surface area contributed by atoms with Crippen LogP contribution in [0.1, 0.15) is 25.3 Å². The summed E-state index contributed by atoms with van der Waals surface area (Å²) in [4.78, 5) is 29.6. The fraction of sp³-hybridized carbons (Fsp3) is 0.312. The molecule has 5 nitrogen and oxygen atoms in total. The minimum Gasteiger partial charge on any atom is -0.326 e. The molecule has 114 valence electrons. The minimum atomic E-state index is -0.481. The molecule has 2 heterocycles. The van der Waals surface area contributed by atoms with Gasteiger partial charge in [-0.1, -0.05) is 19.4 Å². The predicted molar refractivity (Wildman–Crippen MR) is 79.5 cm³/mol. The van der Waals surface area contributed by atoms with Crippen molar-refractivity contribution >= 4 is 22.8 Å². The Morgan fingerprint density at radius 1 is 1.36 bits per heavy atom. The molecule has 2 aromatic rings. The molecule has 3 amide bonds. The maximum Gasteiger partial charge on any atom is 0.325 e. The van der Waals surface area contributed by atoms with Crippen molar-refractivity contribution in [2.75, 3.05) is 0 Å². The Morgan fingerprint density at radius 3 is 2.95 bits per heavy atom. The number of halogens is 1. The number of imide groups is 1. The van der Waals surface area contributed by atoms with Gasteiger partial charge in [-0.2, -0.15) is 0 Å². The first-order valence-electron chi connectivity index (χ1n) is 7.25. The van der Waals surface area contributed by atoms with Crippen LogP contribution >= 0.6 is 0 Å². The van der Waals surface area contributed by atoms with Crippen LogP contribution in [0.3, 0.4) is 0 Å². The number of urea groups is 1. The van der Waals surface area contributed by atoms with E-state index in [2.05, 4.69) is 10.3 Å². The van der Waals surface area contributed by atoms with Gasteiger partial charge in [0.15, 0.2) is 0 Å². The highest BCUT2D eigenvalue weighted by atomic mass is 19.1. The van der Waals surface area contributed by atoms with Crippen LogP contribution in [-0.2, 0) is 11.3 Å². The van der Waals surface area contributed by atoms with Crippen LogP contribution in [-0.4, -0.2) is 27.9 Å². The third-order valence-corrected chi connectivity index (χ3v) is 3.76. The van der Waals surface area contributed by atoms with E-state index in [0.717, 1.165) is 11.3 Å². The zero-order valence-electron chi connectivity index (χ0n) is 12.2. The molecule has 0 spiro atoms. The van der Waals surface area contributed by atoms with E-state index < -0.39 is 17.9 Å². The second-order valence-electron chi connectivity index (χ2n) is 5.36. The Hall–Kier alpha value is -2.50. The van der Waals surface area contributed by atoms with Gasteiger partial charge in [-0.15, -0.1) is 0 Å². The van der Waals surface area contributed by atoms with E-state index in [1.807, 2.05) is 6.92 Å². The van der Waals surface area contributed by atoms with E-state index in [-0.39, 0.29) is 12.5 Å². The molecule has 0 radical (unpaired) electrons. The lowest BCUT2D eigenvalue weighted by molar-refractivity contribution is -0.128. The van der Waals surface area contributed by atoms with Crippen molar-refractivity contribution in [3.05, 3.63) is 41.8 Å². The predicted octanol–water partition coefficient (Wildman–Crippen LogP) is 2.59. The standard InChI is InChI=1S/C16H16FN3O2/c1-2-4-13-15(21)20(16(22)19-13)9-11-8-12(17)7-10-5-3-6-18-14(10)11/h3,5-8,13H,2,4,9H2,1H3,(H,19,22). The molecule has 0 bridgehead atoms. The number of benzene rings is 1. The molecule has 1 aliphatic rings. The van der Waals surface area contributed by atoms with Crippen molar-refractivity contribution in [3.8, 4) is 0 Å². The first-order valence-corrected chi connectivity index (χ1v) is 7.25. The lowest BCUT2D eigenvalue weighted by Crippen LogP contribution is -2.31. The Morgan fingerprint density at radius 2 is 2.18 bits per heavy atom. The summed E-state index contributed by atoms with van der Waals surface area (Å²) in [5, 5.41) is 3.31. The first-order chi connectivity index (χ1) is 10.6. The van der Waals surface area contributed by atoms with Gasteiger partial charge in [0.2, 0.25) is 0 Å². The first kappa shape index (κ1) is 14.4. The smallest absolute Gasteiger partial charge is 0.325 e.